The fourth-order valence-corrected chi connectivity index (χ4v) is 2.35. The fourth-order valence-electron chi connectivity index (χ4n) is 2.35. The van der Waals surface area contributed by atoms with Gasteiger partial charge in [-0.15, -0.1) is 0 Å². The minimum Gasteiger partial charge on any atom is -0.377 e. The van der Waals surface area contributed by atoms with Crippen LogP contribution in [0.2, 0.25) is 27.3 Å². The second-order valence-electron chi connectivity index (χ2n) is 5.80. The molecule has 0 saturated carbocycles. The van der Waals surface area contributed by atoms with Crippen molar-refractivity contribution in [3.05, 3.63) is 0 Å². The van der Waals surface area contributed by atoms with E-state index in [0.29, 0.717) is 0 Å². The van der Waals surface area contributed by atoms with E-state index in [1.807, 2.05) is 55.0 Å². The summed E-state index contributed by atoms with van der Waals surface area (Å²) < 4.78 is 0. The smallest absolute Gasteiger partial charge is 0.299 e. The van der Waals surface area contributed by atoms with Crippen LogP contribution in [-0.4, -0.2) is 47.2 Å². The summed E-state index contributed by atoms with van der Waals surface area (Å²) in [6.45, 7) is 15.5. The first-order valence-corrected chi connectivity index (χ1v) is 6.76. The largest absolute Gasteiger partial charge is 0.377 e. The van der Waals surface area contributed by atoms with Gasteiger partial charge in [-0.2, -0.15) is 0 Å². The standard InChI is InChI=1S/C12H26B2N2O2/c1-9(2)15(13(5)6)11(17)12(18)16(10(3)4)14(7)8/h9-10H,1-8H3. The number of nitrogens with zero attached hydrogens (tertiary/aromatic N) is 2. The van der Waals surface area contributed by atoms with Crippen LogP contribution in [0.3, 0.4) is 0 Å². The zero-order chi connectivity index (χ0) is 14.6. The zero-order valence-electron chi connectivity index (χ0n) is 13.0. The van der Waals surface area contributed by atoms with E-state index in [4.69, 9.17) is 0 Å². The summed E-state index contributed by atoms with van der Waals surface area (Å²) in [7, 11) is 0. The molecule has 0 unspecified atom stereocenters. The van der Waals surface area contributed by atoms with E-state index in [9.17, 15) is 9.59 Å². The fraction of sp³-hybridized carbons (Fsp3) is 0.833. The molecule has 0 aliphatic carbocycles. The molecule has 4 nitrogen and oxygen atoms in total. The highest BCUT2D eigenvalue weighted by Gasteiger charge is 2.33. The van der Waals surface area contributed by atoms with Gasteiger partial charge >= 0.3 is 0 Å². The molecule has 0 atom stereocenters. The highest BCUT2D eigenvalue weighted by atomic mass is 16.2. The Morgan fingerprint density at radius 2 is 0.944 bits per heavy atom. The molecule has 0 N–H and O–H groups in total. The SMILES string of the molecule is CB(C)N(C(=O)C(=O)N(B(C)C)C(C)C)C(C)C. The molecule has 0 spiro atoms. The molecule has 6 heteroatoms. The van der Waals surface area contributed by atoms with Crippen LogP contribution < -0.4 is 0 Å². The van der Waals surface area contributed by atoms with Crippen molar-refractivity contribution in [1.29, 1.82) is 0 Å². The molecule has 0 aromatic heterocycles. The Morgan fingerprint density at radius 1 is 0.722 bits per heavy atom. The van der Waals surface area contributed by atoms with Crippen molar-refractivity contribution in [3.8, 4) is 0 Å². The van der Waals surface area contributed by atoms with Crippen LogP contribution in [0.5, 0.6) is 0 Å². The second-order valence-corrected chi connectivity index (χ2v) is 5.80. The van der Waals surface area contributed by atoms with E-state index in [1.54, 1.807) is 9.62 Å². The first kappa shape index (κ1) is 17.1. The molecule has 0 radical (unpaired) electrons. The normalized spacial score (nSPS) is 10.6. The minimum atomic E-state index is -0.401. The van der Waals surface area contributed by atoms with Gasteiger partial charge in [0, 0.05) is 12.1 Å². The average molecular weight is 252 g/mol. The maximum Gasteiger partial charge on any atom is 0.299 e. The Labute approximate surface area is 112 Å². The molecular weight excluding hydrogens is 226 g/mol. The molecule has 0 aromatic rings. The summed E-state index contributed by atoms with van der Waals surface area (Å²) in [5.41, 5.74) is 0. The quantitative estimate of drug-likeness (QED) is 0.566. The average Bonchev–Trinajstić information content (AvgIpc) is 2.14. The van der Waals surface area contributed by atoms with Gasteiger partial charge in [0.05, 0.1) is 0 Å². The van der Waals surface area contributed by atoms with Gasteiger partial charge in [0.25, 0.3) is 25.5 Å². The summed E-state index contributed by atoms with van der Waals surface area (Å²) in [6, 6.07) is 0.0604. The number of hydrogen-bond donors (Lipinski definition) is 0. The predicted octanol–water partition coefficient (Wildman–Crippen LogP) is 1.96. The van der Waals surface area contributed by atoms with Crippen molar-refractivity contribution in [2.45, 2.75) is 67.1 Å². The Kier molecular flexibility index (Phi) is 6.50. The lowest BCUT2D eigenvalue weighted by molar-refractivity contribution is -0.148. The summed E-state index contributed by atoms with van der Waals surface area (Å²) in [5.74, 6) is -0.801. The lowest BCUT2D eigenvalue weighted by atomic mass is 9.63. The first-order chi connectivity index (χ1) is 8.11. The highest BCUT2D eigenvalue weighted by molar-refractivity contribution is 6.64. The third-order valence-corrected chi connectivity index (χ3v) is 2.88. The minimum absolute atomic E-state index is 0.0302. The van der Waals surface area contributed by atoms with Crippen LogP contribution in [0.4, 0.5) is 0 Å². The maximum atomic E-state index is 12.3. The predicted molar refractivity (Wildman–Crippen MR) is 78.9 cm³/mol. The molecule has 102 valence electrons. The van der Waals surface area contributed by atoms with Gasteiger partial charge in [-0.1, -0.05) is 27.3 Å². The molecule has 0 saturated heterocycles. The molecule has 0 aliphatic heterocycles. The van der Waals surface area contributed by atoms with E-state index < -0.39 is 11.8 Å². The van der Waals surface area contributed by atoms with E-state index in [1.165, 1.54) is 0 Å². The van der Waals surface area contributed by atoms with Gasteiger partial charge < -0.3 is 9.62 Å². The lowest BCUT2D eigenvalue weighted by Gasteiger charge is -2.34. The number of carbonyl (C=O) groups is 2. The third kappa shape index (κ3) is 4.07. The Hall–Kier alpha value is -0.930. The van der Waals surface area contributed by atoms with Gasteiger partial charge in [0.2, 0.25) is 0 Å². The topological polar surface area (TPSA) is 40.6 Å². The number of carbonyl (C=O) groups excluding carboxylic acids is 2. The molecule has 0 rings (SSSR count). The molecule has 2 amide bonds. The van der Waals surface area contributed by atoms with Crippen molar-refractivity contribution >= 4 is 25.5 Å². The van der Waals surface area contributed by atoms with Crippen LogP contribution in [-0.2, 0) is 9.59 Å². The third-order valence-electron chi connectivity index (χ3n) is 2.88. The van der Waals surface area contributed by atoms with Crippen molar-refractivity contribution in [2.24, 2.45) is 0 Å². The van der Waals surface area contributed by atoms with Crippen molar-refractivity contribution < 1.29 is 9.59 Å². The van der Waals surface area contributed by atoms with E-state index in [-0.39, 0.29) is 25.8 Å². The maximum absolute atomic E-state index is 12.3. The summed E-state index contributed by atoms with van der Waals surface area (Å²) in [4.78, 5) is 27.9. The lowest BCUT2D eigenvalue weighted by Crippen LogP contribution is -2.56. The molecule has 0 aliphatic rings. The number of hydrogen-bond acceptors (Lipinski definition) is 2. The molecule has 18 heavy (non-hydrogen) atoms. The summed E-state index contributed by atoms with van der Waals surface area (Å²) in [6.07, 6.45) is 0. The van der Waals surface area contributed by atoms with Crippen molar-refractivity contribution in [3.63, 3.8) is 0 Å². The molecule has 0 heterocycles. The van der Waals surface area contributed by atoms with Crippen LogP contribution in [0, 0.1) is 0 Å². The van der Waals surface area contributed by atoms with E-state index in [0.717, 1.165) is 0 Å². The first-order valence-electron chi connectivity index (χ1n) is 6.76. The molecule has 0 bridgehead atoms. The monoisotopic (exact) mass is 252 g/mol. The van der Waals surface area contributed by atoms with Crippen LogP contribution in [0.15, 0.2) is 0 Å². The van der Waals surface area contributed by atoms with Gasteiger partial charge in [-0.3, -0.25) is 9.59 Å². The zero-order valence-corrected chi connectivity index (χ0v) is 13.0. The van der Waals surface area contributed by atoms with Gasteiger partial charge in [-0.25, -0.2) is 0 Å². The van der Waals surface area contributed by atoms with E-state index in [2.05, 4.69) is 0 Å². The number of rotatable bonds is 4. The van der Waals surface area contributed by atoms with E-state index >= 15 is 0 Å². The second kappa shape index (κ2) is 6.86. The van der Waals surface area contributed by atoms with Crippen LogP contribution in [0.25, 0.3) is 0 Å². The van der Waals surface area contributed by atoms with Crippen molar-refractivity contribution in [2.75, 3.05) is 0 Å². The molecular formula is C12H26B2N2O2. The van der Waals surface area contributed by atoms with Gasteiger partial charge in [0.15, 0.2) is 0 Å². The Balaban J connectivity index is 5.12. The van der Waals surface area contributed by atoms with Gasteiger partial charge in [-0.05, 0) is 27.7 Å². The number of amides is 2. The summed E-state index contributed by atoms with van der Waals surface area (Å²) >= 11 is 0. The molecule has 0 aromatic carbocycles. The highest BCUT2D eigenvalue weighted by Crippen LogP contribution is 2.09. The van der Waals surface area contributed by atoms with Crippen LogP contribution in [0.1, 0.15) is 27.7 Å². The van der Waals surface area contributed by atoms with Gasteiger partial charge in [0.1, 0.15) is 0 Å². The Morgan fingerprint density at radius 3 is 1.06 bits per heavy atom. The van der Waals surface area contributed by atoms with Crippen LogP contribution >= 0.6 is 0 Å². The molecule has 0 fully saturated rings. The van der Waals surface area contributed by atoms with Crippen molar-refractivity contribution in [1.82, 2.24) is 9.62 Å². The Bertz CT molecular complexity index is 258. The summed E-state index contributed by atoms with van der Waals surface area (Å²) in [5, 5.41) is 0.